The van der Waals surface area contributed by atoms with Gasteiger partial charge in [0.05, 0.1) is 4.92 Å². The van der Waals surface area contributed by atoms with E-state index in [4.69, 9.17) is 15.2 Å². The molecule has 0 aromatic heterocycles. The number of nitro benzene ring substituents is 1. The van der Waals surface area contributed by atoms with Gasteiger partial charge in [-0.15, -0.1) is 0 Å². The first-order valence-electron chi connectivity index (χ1n) is 6.56. The Labute approximate surface area is 146 Å². The van der Waals surface area contributed by atoms with E-state index in [1.807, 2.05) is 0 Å². The first-order valence-corrected chi connectivity index (χ1v) is 7.64. The maximum atomic E-state index is 12.2. The van der Waals surface area contributed by atoms with Crippen LogP contribution in [0.3, 0.4) is 0 Å². The molecule has 0 heterocycles. The number of carbonyl (C=O) groups is 2. The normalized spacial score (nSPS) is 11.0. The molecule has 0 aliphatic rings. The minimum atomic E-state index is -0.864. The van der Waals surface area contributed by atoms with Crippen molar-refractivity contribution in [1.29, 1.82) is 0 Å². The number of nitrogens with zero attached hydrogens (tertiary/aromatic N) is 1. The highest BCUT2D eigenvalue weighted by Crippen LogP contribution is 2.35. The summed E-state index contributed by atoms with van der Waals surface area (Å²) in [6.45, 7) is 6.02. The van der Waals surface area contributed by atoms with Crippen molar-refractivity contribution in [1.82, 2.24) is 0 Å². The summed E-state index contributed by atoms with van der Waals surface area (Å²) in [6, 6.07) is 1.27. The zero-order valence-corrected chi connectivity index (χ0v) is 15.3. The van der Waals surface area contributed by atoms with Gasteiger partial charge in [0.25, 0.3) is 0 Å². The molecule has 1 aromatic carbocycles. The summed E-state index contributed by atoms with van der Waals surface area (Å²) in [5, 5.41) is 11.3. The summed E-state index contributed by atoms with van der Waals surface area (Å²) in [4.78, 5) is 33.7. The second-order valence-electron chi connectivity index (χ2n) is 5.70. The van der Waals surface area contributed by atoms with Crippen LogP contribution in [0.2, 0.25) is 0 Å². The molecule has 0 fully saturated rings. The van der Waals surface area contributed by atoms with Gasteiger partial charge in [-0.3, -0.25) is 14.9 Å². The number of nitro groups is 1. The van der Waals surface area contributed by atoms with Crippen molar-refractivity contribution in [3.8, 4) is 0 Å². The molecule has 23 heavy (non-hydrogen) atoms. The lowest BCUT2D eigenvalue weighted by atomic mass is 10.1. The summed E-state index contributed by atoms with van der Waals surface area (Å²) in [6.07, 6.45) is 0. The van der Waals surface area contributed by atoms with E-state index in [0.29, 0.717) is 9.13 Å². The molecule has 0 atom stereocenters. The van der Waals surface area contributed by atoms with E-state index in [2.05, 4.69) is 0 Å². The Morgan fingerprint density at radius 2 is 1.96 bits per heavy atom. The topological polar surface area (TPSA) is 122 Å². The molecule has 0 amide bonds. The van der Waals surface area contributed by atoms with Crippen molar-refractivity contribution in [2.45, 2.75) is 39.9 Å². The Kier molecular flexibility index (Phi) is 5.92. The van der Waals surface area contributed by atoms with E-state index in [1.165, 1.54) is 13.0 Å². The Morgan fingerprint density at radius 1 is 1.39 bits per heavy atom. The highest BCUT2D eigenvalue weighted by molar-refractivity contribution is 14.1. The maximum Gasteiger partial charge on any atom is 0.345 e. The van der Waals surface area contributed by atoms with Crippen LogP contribution in [-0.2, 0) is 20.9 Å². The molecule has 1 aromatic rings. The van der Waals surface area contributed by atoms with Gasteiger partial charge >= 0.3 is 17.6 Å². The maximum absolute atomic E-state index is 12.2. The zero-order valence-electron chi connectivity index (χ0n) is 13.1. The van der Waals surface area contributed by atoms with Crippen molar-refractivity contribution in [3.63, 3.8) is 0 Å². The lowest BCUT2D eigenvalue weighted by molar-refractivity contribution is -0.384. The van der Waals surface area contributed by atoms with E-state index in [0.717, 1.165) is 0 Å². The number of ether oxygens (including phenoxy) is 2. The van der Waals surface area contributed by atoms with Crippen LogP contribution in [0.5, 0.6) is 0 Å². The number of hydrogen-bond acceptors (Lipinski definition) is 7. The van der Waals surface area contributed by atoms with Gasteiger partial charge in [0, 0.05) is 16.1 Å². The van der Waals surface area contributed by atoms with Crippen molar-refractivity contribution in [2.24, 2.45) is 0 Å². The van der Waals surface area contributed by atoms with Gasteiger partial charge in [-0.25, -0.2) is 4.79 Å². The number of halogens is 1. The largest absolute Gasteiger partial charge is 0.461 e. The van der Waals surface area contributed by atoms with Gasteiger partial charge in [-0.05, 0) is 49.4 Å². The number of anilines is 1. The molecule has 2 N–H and O–H groups in total. The molecule has 9 heteroatoms. The molecular weight excluding hydrogens is 419 g/mol. The smallest absolute Gasteiger partial charge is 0.345 e. The van der Waals surface area contributed by atoms with Gasteiger partial charge < -0.3 is 15.2 Å². The zero-order chi connectivity index (χ0) is 17.9. The Morgan fingerprint density at radius 3 is 2.39 bits per heavy atom. The molecule has 126 valence electrons. The summed E-state index contributed by atoms with van der Waals surface area (Å²) in [5.74, 6) is -1.38. The van der Waals surface area contributed by atoms with Crippen LogP contribution in [0.1, 0.15) is 43.6 Å². The third-order valence-electron chi connectivity index (χ3n) is 2.58. The fourth-order valence-corrected chi connectivity index (χ4v) is 2.26. The van der Waals surface area contributed by atoms with E-state index in [-0.39, 0.29) is 17.9 Å². The lowest BCUT2D eigenvalue weighted by Gasteiger charge is -2.20. The van der Waals surface area contributed by atoms with Gasteiger partial charge in [0.2, 0.25) is 0 Å². The standard InChI is InChI=1S/C14H17IN2O6/c1-7(18)22-6-8-5-9(13(19)23-14(2,3)4)12(17(20)21)11(16)10(8)15/h5H,6,16H2,1-4H3. The summed E-state index contributed by atoms with van der Waals surface area (Å²) < 4.78 is 10.4. The van der Waals surface area contributed by atoms with Gasteiger partial charge in [-0.1, -0.05) is 0 Å². The fourth-order valence-electron chi connectivity index (χ4n) is 1.70. The van der Waals surface area contributed by atoms with Crippen LogP contribution in [-0.4, -0.2) is 22.5 Å². The van der Waals surface area contributed by atoms with Crippen molar-refractivity contribution in [2.75, 3.05) is 5.73 Å². The highest BCUT2D eigenvalue weighted by atomic mass is 127. The number of carbonyl (C=O) groups excluding carboxylic acids is 2. The summed E-state index contributed by atoms with van der Waals surface area (Å²) in [5.41, 5.74) is 4.41. The fraction of sp³-hybridized carbons (Fsp3) is 0.429. The number of benzene rings is 1. The van der Waals surface area contributed by atoms with Crippen LogP contribution in [0.25, 0.3) is 0 Å². The predicted octanol–water partition coefficient (Wildman–Crippen LogP) is 2.80. The first-order chi connectivity index (χ1) is 10.4. The van der Waals surface area contributed by atoms with Gasteiger partial charge in [0.1, 0.15) is 23.5 Å². The van der Waals surface area contributed by atoms with Gasteiger partial charge in [-0.2, -0.15) is 0 Å². The molecule has 0 unspecified atom stereocenters. The average molecular weight is 436 g/mol. The number of hydrogen-bond donors (Lipinski definition) is 1. The van der Waals surface area contributed by atoms with E-state index < -0.39 is 28.2 Å². The Hall–Kier alpha value is -1.91. The molecule has 0 aliphatic heterocycles. The quantitative estimate of drug-likeness (QED) is 0.253. The monoisotopic (exact) mass is 436 g/mol. The van der Waals surface area contributed by atoms with Gasteiger partial charge in [0.15, 0.2) is 0 Å². The SMILES string of the molecule is CC(=O)OCc1cc(C(=O)OC(C)(C)C)c([N+](=O)[O-])c(N)c1I. The number of rotatable bonds is 4. The first kappa shape index (κ1) is 19.1. The van der Waals surface area contributed by atoms with Crippen LogP contribution in [0.15, 0.2) is 6.07 Å². The molecule has 0 bridgehead atoms. The third kappa shape index (κ3) is 5.05. The second kappa shape index (κ2) is 7.11. The minimum Gasteiger partial charge on any atom is -0.461 e. The Bertz CT molecular complexity index is 666. The highest BCUT2D eigenvalue weighted by Gasteiger charge is 2.31. The average Bonchev–Trinajstić information content (AvgIpc) is 2.37. The van der Waals surface area contributed by atoms with Crippen molar-refractivity contribution >= 4 is 45.9 Å². The lowest BCUT2D eigenvalue weighted by Crippen LogP contribution is -2.25. The molecule has 0 radical (unpaired) electrons. The third-order valence-corrected chi connectivity index (χ3v) is 3.85. The van der Waals surface area contributed by atoms with Crippen LogP contribution in [0, 0.1) is 13.7 Å². The van der Waals surface area contributed by atoms with E-state index in [1.54, 1.807) is 43.4 Å². The van der Waals surface area contributed by atoms with E-state index in [9.17, 15) is 19.7 Å². The van der Waals surface area contributed by atoms with E-state index >= 15 is 0 Å². The minimum absolute atomic E-state index is 0.147. The summed E-state index contributed by atoms with van der Waals surface area (Å²) in [7, 11) is 0. The number of esters is 2. The van der Waals surface area contributed by atoms with Crippen LogP contribution < -0.4 is 5.73 Å². The molecule has 1 rings (SSSR count). The van der Waals surface area contributed by atoms with Crippen molar-refractivity contribution in [3.05, 3.63) is 30.9 Å². The van der Waals surface area contributed by atoms with Crippen LogP contribution >= 0.6 is 22.6 Å². The second-order valence-corrected chi connectivity index (χ2v) is 6.78. The number of nitrogens with two attached hydrogens (primary N) is 1. The molecule has 0 saturated heterocycles. The predicted molar refractivity (Wildman–Crippen MR) is 90.9 cm³/mol. The molecule has 0 spiro atoms. The molecular formula is C14H17IN2O6. The molecule has 0 aliphatic carbocycles. The molecule has 0 saturated carbocycles. The molecule has 8 nitrogen and oxygen atoms in total. The number of nitrogen functional groups attached to an aromatic ring is 1. The van der Waals surface area contributed by atoms with Crippen LogP contribution in [0.4, 0.5) is 11.4 Å². The summed E-state index contributed by atoms with van der Waals surface area (Å²) >= 11 is 1.81. The Balaban J connectivity index is 3.43. The van der Waals surface area contributed by atoms with Crippen molar-refractivity contribution < 1.29 is 24.0 Å².